The molecule has 1 atom stereocenters. The van der Waals surface area contributed by atoms with E-state index in [1.54, 1.807) is 4.88 Å². The van der Waals surface area contributed by atoms with Gasteiger partial charge in [-0.15, -0.1) is 11.3 Å². The summed E-state index contributed by atoms with van der Waals surface area (Å²) < 4.78 is 0. The van der Waals surface area contributed by atoms with Crippen LogP contribution in [0.5, 0.6) is 0 Å². The van der Waals surface area contributed by atoms with E-state index in [1.807, 2.05) is 11.3 Å². The maximum absolute atomic E-state index is 4.76. The van der Waals surface area contributed by atoms with Gasteiger partial charge in [-0.05, 0) is 32.7 Å². The van der Waals surface area contributed by atoms with Gasteiger partial charge in [-0.3, -0.25) is 4.90 Å². The van der Waals surface area contributed by atoms with Crippen LogP contribution in [0.1, 0.15) is 28.4 Å². The first-order valence-corrected chi connectivity index (χ1v) is 7.04. The van der Waals surface area contributed by atoms with Gasteiger partial charge in [0.1, 0.15) is 5.01 Å². The van der Waals surface area contributed by atoms with Crippen LogP contribution in [0.4, 0.5) is 0 Å². The Morgan fingerprint density at radius 2 is 2.44 bits per heavy atom. The normalized spacial score (nSPS) is 25.2. The molecule has 0 amide bonds. The van der Waals surface area contributed by atoms with Crippen LogP contribution in [0.25, 0.3) is 0 Å². The van der Waals surface area contributed by atoms with Crippen LogP contribution < -0.4 is 5.32 Å². The van der Waals surface area contributed by atoms with Crippen LogP contribution in [-0.4, -0.2) is 36.1 Å². The Morgan fingerprint density at radius 3 is 3.19 bits per heavy atom. The number of fused-ring (bicyclic) bond motifs is 1. The number of likely N-dealkylation sites (N-methyl/N-ethyl adjacent to an activating group) is 1. The maximum Gasteiger partial charge on any atom is 0.107 e. The summed E-state index contributed by atoms with van der Waals surface area (Å²) in [7, 11) is 2.06. The summed E-state index contributed by atoms with van der Waals surface area (Å²) in [6, 6.07) is 0.687. The van der Waals surface area contributed by atoms with Gasteiger partial charge in [0.05, 0.1) is 12.2 Å². The van der Waals surface area contributed by atoms with Gasteiger partial charge in [0.2, 0.25) is 0 Å². The van der Waals surface area contributed by atoms with Crippen LogP contribution >= 0.6 is 11.3 Å². The molecule has 1 aromatic rings. The summed E-state index contributed by atoms with van der Waals surface area (Å²) in [5, 5.41) is 4.69. The number of hydrogen-bond donors (Lipinski definition) is 1. The van der Waals surface area contributed by atoms with E-state index in [9.17, 15) is 0 Å². The van der Waals surface area contributed by atoms with Crippen LogP contribution in [0.15, 0.2) is 0 Å². The van der Waals surface area contributed by atoms with Crippen molar-refractivity contribution in [1.29, 1.82) is 0 Å². The molecule has 0 aromatic carbocycles. The lowest BCUT2D eigenvalue weighted by Crippen LogP contribution is -2.29. The standard InChI is InChI=1S/C12H19N3S/c1-13-9-5-6-15(7-9)8-12-14-10-3-2-4-11(10)16-12/h9,13H,2-8H2,1H3. The SMILES string of the molecule is CNC1CCN(Cc2nc3c(s2)CCC3)C1. The highest BCUT2D eigenvalue weighted by Crippen LogP contribution is 2.28. The average molecular weight is 237 g/mol. The number of nitrogens with zero attached hydrogens (tertiary/aromatic N) is 2. The molecule has 88 valence electrons. The topological polar surface area (TPSA) is 28.2 Å². The van der Waals surface area contributed by atoms with Crippen LogP contribution in [-0.2, 0) is 19.4 Å². The molecule has 1 unspecified atom stereocenters. The van der Waals surface area contributed by atoms with E-state index in [2.05, 4.69) is 17.3 Å². The second-order valence-electron chi connectivity index (χ2n) is 4.84. The first-order valence-electron chi connectivity index (χ1n) is 6.22. The largest absolute Gasteiger partial charge is 0.316 e. The van der Waals surface area contributed by atoms with Gasteiger partial charge in [-0.1, -0.05) is 0 Å². The number of nitrogens with one attached hydrogen (secondary N) is 1. The Bertz CT molecular complexity index is 353. The van der Waals surface area contributed by atoms with Gasteiger partial charge < -0.3 is 5.32 Å². The van der Waals surface area contributed by atoms with E-state index in [0.717, 1.165) is 6.54 Å². The van der Waals surface area contributed by atoms with Gasteiger partial charge in [0.15, 0.2) is 0 Å². The molecule has 3 rings (SSSR count). The van der Waals surface area contributed by atoms with Crippen LogP contribution in [0, 0.1) is 0 Å². The molecule has 0 radical (unpaired) electrons. The zero-order chi connectivity index (χ0) is 11.0. The molecule has 4 heteroatoms. The minimum atomic E-state index is 0.687. The molecular weight excluding hydrogens is 218 g/mol. The molecule has 0 spiro atoms. The number of rotatable bonds is 3. The zero-order valence-electron chi connectivity index (χ0n) is 9.83. The molecule has 1 saturated heterocycles. The lowest BCUT2D eigenvalue weighted by atomic mass is 10.3. The van der Waals surface area contributed by atoms with E-state index in [4.69, 9.17) is 4.98 Å². The van der Waals surface area contributed by atoms with Gasteiger partial charge in [0.25, 0.3) is 0 Å². The summed E-state index contributed by atoms with van der Waals surface area (Å²) in [4.78, 5) is 8.84. The number of likely N-dealkylation sites (tertiary alicyclic amines) is 1. The van der Waals surface area contributed by atoms with Crippen molar-refractivity contribution in [2.75, 3.05) is 20.1 Å². The van der Waals surface area contributed by atoms with Gasteiger partial charge >= 0.3 is 0 Å². The summed E-state index contributed by atoms with van der Waals surface area (Å²) in [5.41, 5.74) is 1.39. The maximum atomic E-state index is 4.76. The molecule has 0 bridgehead atoms. The van der Waals surface area contributed by atoms with E-state index in [0.29, 0.717) is 6.04 Å². The summed E-state index contributed by atoms with van der Waals surface area (Å²) in [6.45, 7) is 3.46. The predicted molar refractivity (Wildman–Crippen MR) is 66.9 cm³/mol. The highest BCUT2D eigenvalue weighted by Gasteiger charge is 2.23. The molecule has 1 N–H and O–H groups in total. The summed E-state index contributed by atoms with van der Waals surface area (Å²) in [6.07, 6.45) is 5.08. The van der Waals surface area contributed by atoms with E-state index in [-0.39, 0.29) is 0 Å². The molecule has 0 saturated carbocycles. The van der Waals surface area contributed by atoms with Crippen molar-refractivity contribution in [2.45, 2.75) is 38.3 Å². The Hall–Kier alpha value is -0.450. The molecule has 2 aliphatic rings. The van der Waals surface area contributed by atoms with E-state index in [1.165, 1.54) is 49.5 Å². The lowest BCUT2D eigenvalue weighted by Gasteiger charge is -2.13. The first-order chi connectivity index (χ1) is 7.85. The van der Waals surface area contributed by atoms with Crippen molar-refractivity contribution < 1.29 is 0 Å². The number of aryl methyl sites for hydroxylation is 2. The molecule has 2 heterocycles. The highest BCUT2D eigenvalue weighted by atomic mass is 32.1. The van der Waals surface area contributed by atoms with Crippen LogP contribution in [0.2, 0.25) is 0 Å². The van der Waals surface area contributed by atoms with Crippen LogP contribution in [0.3, 0.4) is 0 Å². The molecule has 3 nitrogen and oxygen atoms in total. The Morgan fingerprint density at radius 1 is 1.50 bits per heavy atom. The number of aromatic nitrogens is 1. The minimum absolute atomic E-state index is 0.687. The first kappa shape index (κ1) is 10.7. The minimum Gasteiger partial charge on any atom is -0.316 e. The quantitative estimate of drug-likeness (QED) is 0.862. The van der Waals surface area contributed by atoms with E-state index < -0.39 is 0 Å². The summed E-state index contributed by atoms with van der Waals surface area (Å²) >= 11 is 1.94. The predicted octanol–water partition coefficient (Wildman–Crippen LogP) is 1.43. The third-order valence-electron chi connectivity index (χ3n) is 3.68. The third kappa shape index (κ3) is 2.01. The fraction of sp³-hybridized carbons (Fsp3) is 0.750. The third-order valence-corrected chi connectivity index (χ3v) is 4.82. The molecular formula is C12H19N3S. The van der Waals surface area contributed by atoms with Crippen molar-refractivity contribution in [1.82, 2.24) is 15.2 Å². The van der Waals surface area contributed by atoms with Crippen molar-refractivity contribution in [3.05, 3.63) is 15.6 Å². The monoisotopic (exact) mass is 237 g/mol. The lowest BCUT2D eigenvalue weighted by molar-refractivity contribution is 0.321. The average Bonchev–Trinajstić information content (AvgIpc) is 2.92. The Labute approximate surface area is 101 Å². The zero-order valence-corrected chi connectivity index (χ0v) is 10.6. The van der Waals surface area contributed by atoms with Crippen molar-refractivity contribution in [3.8, 4) is 0 Å². The van der Waals surface area contributed by atoms with Crippen molar-refractivity contribution in [2.24, 2.45) is 0 Å². The second kappa shape index (κ2) is 4.43. The molecule has 16 heavy (non-hydrogen) atoms. The van der Waals surface area contributed by atoms with E-state index >= 15 is 0 Å². The highest BCUT2D eigenvalue weighted by molar-refractivity contribution is 7.11. The van der Waals surface area contributed by atoms with Gasteiger partial charge in [-0.2, -0.15) is 0 Å². The number of thiazole rings is 1. The van der Waals surface area contributed by atoms with Crippen molar-refractivity contribution in [3.63, 3.8) is 0 Å². The summed E-state index contributed by atoms with van der Waals surface area (Å²) in [5.74, 6) is 0. The van der Waals surface area contributed by atoms with Crippen molar-refractivity contribution >= 4 is 11.3 Å². The molecule has 1 aliphatic heterocycles. The number of hydrogen-bond acceptors (Lipinski definition) is 4. The molecule has 1 aliphatic carbocycles. The fourth-order valence-electron chi connectivity index (χ4n) is 2.71. The molecule has 1 fully saturated rings. The van der Waals surface area contributed by atoms with Gasteiger partial charge in [-0.25, -0.2) is 4.98 Å². The fourth-order valence-corrected chi connectivity index (χ4v) is 3.91. The second-order valence-corrected chi connectivity index (χ2v) is 6.01. The smallest absolute Gasteiger partial charge is 0.107 e. The van der Waals surface area contributed by atoms with Gasteiger partial charge in [0, 0.05) is 24.0 Å². The Balaban J connectivity index is 1.62. The Kier molecular flexibility index (Phi) is 2.96. The molecule has 1 aromatic heterocycles.